The Morgan fingerprint density at radius 1 is 1.55 bits per heavy atom. The van der Waals surface area contributed by atoms with Crippen LogP contribution in [0.4, 0.5) is 0 Å². The maximum atomic E-state index is 12.5. The second-order valence-electron chi connectivity index (χ2n) is 8.13. The van der Waals surface area contributed by atoms with Crippen molar-refractivity contribution in [2.75, 3.05) is 6.61 Å². The molecule has 2 rings (SSSR count). The molecule has 0 bridgehead atoms. The number of ketones is 1. The van der Waals surface area contributed by atoms with Crippen molar-refractivity contribution in [3.63, 3.8) is 0 Å². The van der Waals surface area contributed by atoms with Gasteiger partial charge in [-0.25, -0.2) is 0 Å². The minimum Gasteiger partial charge on any atom is -0.493 e. The molecule has 0 spiro atoms. The van der Waals surface area contributed by atoms with E-state index in [0.717, 1.165) is 0 Å². The van der Waals surface area contributed by atoms with Gasteiger partial charge in [-0.1, -0.05) is 31.9 Å². The molecule has 1 aliphatic carbocycles. The Morgan fingerprint density at radius 2 is 2.17 bits per heavy atom. The van der Waals surface area contributed by atoms with Crippen LogP contribution >= 0.6 is 11.6 Å². The van der Waals surface area contributed by atoms with Crippen LogP contribution in [-0.4, -0.2) is 57.1 Å². The van der Waals surface area contributed by atoms with Crippen LogP contribution in [0.5, 0.6) is 0 Å². The van der Waals surface area contributed by atoms with Gasteiger partial charge in [0, 0.05) is 6.92 Å². The van der Waals surface area contributed by atoms with Gasteiger partial charge in [0.05, 0.1) is 23.7 Å². The Labute approximate surface area is 175 Å². The van der Waals surface area contributed by atoms with Crippen molar-refractivity contribution in [1.82, 2.24) is 0 Å². The molecule has 0 radical (unpaired) electrons. The zero-order valence-electron chi connectivity index (χ0n) is 17.3. The summed E-state index contributed by atoms with van der Waals surface area (Å²) in [5.74, 6) is -1.79. The highest BCUT2D eigenvalue weighted by atomic mass is 35.5. The van der Waals surface area contributed by atoms with Gasteiger partial charge in [-0.2, -0.15) is 0 Å². The van der Waals surface area contributed by atoms with E-state index in [1.54, 1.807) is 0 Å². The number of esters is 1. The van der Waals surface area contributed by atoms with Crippen LogP contribution in [0, 0.1) is 11.8 Å². The van der Waals surface area contributed by atoms with Crippen molar-refractivity contribution >= 4 is 23.4 Å². The second-order valence-corrected chi connectivity index (χ2v) is 8.51. The number of rotatable bonds is 6. The normalized spacial score (nSPS) is 31.5. The molecule has 7 nitrogen and oxygen atoms in total. The zero-order chi connectivity index (χ0) is 22.1. The number of ether oxygens (including phenoxy) is 2. The van der Waals surface area contributed by atoms with Crippen LogP contribution in [0.2, 0.25) is 0 Å². The molecule has 3 N–H and O–H groups in total. The molecule has 0 unspecified atom stereocenters. The number of Topliss-reactive ketones (excluding diaryl/α,β-unsaturated/α-hetero) is 1. The highest BCUT2D eigenvalue weighted by molar-refractivity contribution is 6.44. The predicted octanol–water partition coefficient (Wildman–Crippen LogP) is 1.99. The summed E-state index contributed by atoms with van der Waals surface area (Å²) in [4.78, 5) is 24.0. The monoisotopic (exact) mass is 428 g/mol. The Hall–Kier alpha value is -1.67. The molecule has 1 heterocycles. The van der Waals surface area contributed by atoms with Crippen molar-refractivity contribution in [3.05, 3.63) is 34.6 Å². The third-order valence-corrected chi connectivity index (χ3v) is 6.01. The van der Waals surface area contributed by atoms with E-state index in [9.17, 15) is 24.9 Å². The fraction of sp³-hybridized carbons (Fsp3) is 0.619. The van der Waals surface area contributed by atoms with Gasteiger partial charge in [0.2, 0.25) is 5.78 Å². The van der Waals surface area contributed by atoms with E-state index < -0.39 is 41.1 Å². The van der Waals surface area contributed by atoms with Gasteiger partial charge in [0.15, 0.2) is 5.60 Å². The summed E-state index contributed by atoms with van der Waals surface area (Å²) in [5, 5.41) is 31.3. The Morgan fingerprint density at radius 3 is 2.72 bits per heavy atom. The maximum absolute atomic E-state index is 12.5. The first kappa shape index (κ1) is 23.6. The molecule has 2 aliphatic rings. The van der Waals surface area contributed by atoms with E-state index in [2.05, 4.69) is 0 Å². The molecule has 0 amide bonds. The highest BCUT2D eigenvalue weighted by Gasteiger charge is 2.53. The lowest BCUT2D eigenvalue weighted by atomic mass is 9.74. The number of aliphatic hydroxyl groups is 3. The summed E-state index contributed by atoms with van der Waals surface area (Å²) < 4.78 is 10.9. The largest absolute Gasteiger partial charge is 0.493 e. The van der Waals surface area contributed by atoms with Crippen molar-refractivity contribution in [1.29, 1.82) is 0 Å². The van der Waals surface area contributed by atoms with Gasteiger partial charge < -0.3 is 24.8 Å². The molecular weight excluding hydrogens is 400 g/mol. The molecule has 6 atom stereocenters. The fourth-order valence-electron chi connectivity index (χ4n) is 3.55. The maximum Gasteiger partial charge on any atom is 0.303 e. The fourth-order valence-corrected chi connectivity index (χ4v) is 3.94. The van der Waals surface area contributed by atoms with Gasteiger partial charge in [-0.15, -0.1) is 0 Å². The van der Waals surface area contributed by atoms with Crippen molar-refractivity contribution in [3.8, 4) is 0 Å². The Kier molecular flexibility index (Phi) is 7.00. The predicted molar refractivity (Wildman–Crippen MR) is 107 cm³/mol. The van der Waals surface area contributed by atoms with Crippen LogP contribution in [-0.2, 0) is 19.1 Å². The van der Waals surface area contributed by atoms with E-state index in [1.807, 2.05) is 13.8 Å². The lowest BCUT2D eigenvalue weighted by Crippen LogP contribution is -2.57. The standard InChI is InChI=1S/C21H29ClO7/c1-6-11(2)17(24)20(4,26)8-7-13-9-14-15(10-28-13)19(29-12(3)23)21(5,27)18(25)16(14)22/h7-9,11,15,17,19,24,26-27H,6,10H2,1-5H3/t11-,15+,17+,19+,20+,21-/m0/s1. The third-order valence-electron chi connectivity index (χ3n) is 5.62. The van der Waals surface area contributed by atoms with Crippen molar-refractivity contribution in [2.45, 2.75) is 64.4 Å². The summed E-state index contributed by atoms with van der Waals surface area (Å²) in [5.41, 5.74) is -3.06. The van der Waals surface area contributed by atoms with Gasteiger partial charge in [0.25, 0.3) is 0 Å². The second kappa shape index (κ2) is 8.60. The molecule has 0 fully saturated rings. The van der Waals surface area contributed by atoms with Gasteiger partial charge in [-0.3, -0.25) is 9.59 Å². The molecule has 0 saturated carbocycles. The van der Waals surface area contributed by atoms with Gasteiger partial charge in [0.1, 0.15) is 17.5 Å². The number of carbonyl (C=O) groups excluding carboxylic acids is 2. The average molecular weight is 429 g/mol. The van der Waals surface area contributed by atoms with Crippen molar-refractivity contribution in [2.24, 2.45) is 11.8 Å². The number of aliphatic hydroxyl groups excluding tert-OH is 1. The lowest BCUT2D eigenvalue weighted by molar-refractivity contribution is -0.174. The van der Waals surface area contributed by atoms with Crippen LogP contribution in [0.1, 0.15) is 41.0 Å². The number of hydrogen-bond acceptors (Lipinski definition) is 7. The van der Waals surface area contributed by atoms with Crippen LogP contribution < -0.4 is 0 Å². The molecule has 0 aromatic rings. The third kappa shape index (κ3) is 4.74. The number of fused-ring (bicyclic) bond motifs is 1. The number of carbonyl (C=O) groups is 2. The van der Waals surface area contributed by atoms with Crippen LogP contribution in [0.25, 0.3) is 0 Å². The molecule has 0 aromatic heterocycles. The molecule has 162 valence electrons. The minimum atomic E-state index is -1.97. The molecular formula is C21H29ClO7. The quantitative estimate of drug-likeness (QED) is 0.554. The minimum absolute atomic E-state index is 0.0131. The van der Waals surface area contributed by atoms with E-state index in [0.29, 0.717) is 17.8 Å². The van der Waals surface area contributed by atoms with E-state index >= 15 is 0 Å². The highest BCUT2D eigenvalue weighted by Crippen LogP contribution is 2.41. The molecule has 0 saturated heterocycles. The first-order chi connectivity index (χ1) is 13.3. The SMILES string of the molecule is CC[C@H](C)[C@@H](O)[C@](C)(O)C=CC1=CC2=C(Cl)C(=O)[C@](C)(O)[C@H](OC(C)=O)[C@@H]2CO1. The number of hydrogen-bond donors (Lipinski definition) is 3. The lowest BCUT2D eigenvalue weighted by Gasteiger charge is -2.42. The molecule has 1 aliphatic heterocycles. The van der Waals surface area contributed by atoms with Crippen LogP contribution in [0.15, 0.2) is 34.6 Å². The summed E-state index contributed by atoms with van der Waals surface area (Å²) in [6.07, 6.45) is 3.03. The first-order valence-electron chi connectivity index (χ1n) is 9.61. The summed E-state index contributed by atoms with van der Waals surface area (Å²) in [6, 6.07) is 0. The smallest absolute Gasteiger partial charge is 0.303 e. The number of halogens is 1. The first-order valence-corrected chi connectivity index (χ1v) is 9.98. The average Bonchev–Trinajstić information content (AvgIpc) is 2.66. The van der Waals surface area contributed by atoms with Crippen LogP contribution in [0.3, 0.4) is 0 Å². The van der Waals surface area contributed by atoms with Gasteiger partial charge >= 0.3 is 5.97 Å². The van der Waals surface area contributed by atoms with E-state index in [4.69, 9.17) is 21.1 Å². The van der Waals surface area contributed by atoms with Gasteiger partial charge in [-0.05, 0) is 43.6 Å². The summed E-state index contributed by atoms with van der Waals surface area (Å²) in [6.45, 7) is 7.72. The molecule has 29 heavy (non-hydrogen) atoms. The molecule has 0 aromatic carbocycles. The topological polar surface area (TPSA) is 113 Å². The van der Waals surface area contributed by atoms with E-state index in [-0.39, 0.29) is 17.6 Å². The molecule has 8 heteroatoms. The number of allylic oxidation sites excluding steroid dienone is 2. The van der Waals surface area contributed by atoms with Crippen molar-refractivity contribution < 1.29 is 34.4 Å². The zero-order valence-corrected chi connectivity index (χ0v) is 18.1. The Bertz CT molecular complexity index is 763. The summed E-state index contributed by atoms with van der Waals surface area (Å²) >= 11 is 6.21. The summed E-state index contributed by atoms with van der Waals surface area (Å²) in [7, 11) is 0. The van der Waals surface area contributed by atoms with E-state index in [1.165, 1.54) is 39.0 Å². The Balaban J connectivity index is 2.35.